The minimum absolute atomic E-state index is 0.0530. The lowest BCUT2D eigenvalue weighted by atomic mass is 10.3. The van der Waals surface area contributed by atoms with Crippen LogP contribution in [0.4, 0.5) is 0 Å². The topological polar surface area (TPSA) is 85.9 Å². The maximum absolute atomic E-state index is 11.4. The molecule has 0 unspecified atom stereocenters. The zero-order valence-electron chi connectivity index (χ0n) is 12.1. The Labute approximate surface area is 123 Å². The first-order valence-corrected chi connectivity index (χ1v) is 8.75. The van der Waals surface area contributed by atoms with Crippen LogP contribution in [0.1, 0.15) is 17.2 Å². The number of fused-ring (bicyclic) bond motifs is 1. The van der Waals surface area contributed by atoms with Crippen LogP contribution in [-0.4, -0.2) is 50.7 Å². The van der Waals surface area contributed by atoms with Crippen molar-refractivity contribution in [1.29, 1.82) is 0 Å². The highest BCUT2D eigenvalue weighted by atomic mass is 32.2. The Bertz CT molecular complexity index is 748. The van der Waals surface area contributed by atoms with Crippen molar-refractivity contribution < 1.29 is 8.42 Å². The number of aryl methyl sites for hydroxylation is 1. The molecule has 0 N–H and O–H groups in total. The summed E-state index contributed by atoms with van der Waals surface area (Å²) in [5.74, 6) is 1.31. The van der Waals surface area contributed by atoms with E-state index in [9.17, 15) is 8.42 Å². The fourth-order valence-electron chi connectivity index (χ4n) is 2.56. The van der Waals surface area contributed by atoms with E-state index in [2.05, 4.69) is 20.2 Å². The molecule has 21 heavy (non-hydrogen) atoms. The summed E-state index contributed by atoms with van der Waals surface area (Å²) in [4.78, 5) is 2.26. The smallest absolute Gasteiger partial charge is 0.154 e. The third-order valence-corrected chi connectivity index (χ3v) is 4.25. The Hall–Kier alpha value is -1.74. The van der Waals surface area contributed by atoms with Crippen molar-refractivity contribution in [2.75, 3.05) is 12.8 Å². The summed E-state index contributed by atoms with van der Waals surface area (Å²) in [5.41, 5.74) is 1.15. The van der Waals surface area contributed by atoms with Crippen LogP contribution in [0.2, 0.25) is 0 Å². The van der Waals surface area contributed by atoms with E-state index in [0.29, 0.717) is 18.9 Å². The van der Waals surface area contributed by atoms with Crippen molar-refractivity contribution in [1.82, 2.24) is 29.4 Å². The summed E-state index contributed by atoms with van der Waals surface area (Å²) < 4.78 is 26.5. The fraction of sp³-hybridized carbons (Fsp3) is 0.583. The van der Waals surface area contributed by atoms with Crippen LogP contribution in [-0.2, 0) is 42.3 Å². The van der Waals surface area contributed by atoms with E-state index in [1.807, 2.05) is 24.0 Å². The van der Waals surface area contributed by atoms with Crippen LogP contribution in [0.5, 0.6) is 0 Å². The number of sulfone groups is 1. The highest BCUT2D eigenvalue weighted by Gasteiger charge is 2.23. The average molecular weight is 310 g/mol. The summed E-state index contributed by atoms with van der Waals surface area (Å²) in [5, 5.41) is 12.3. The van der Waals surface area contributed by atoms with Crippen molar-refractivity contribution in [3.8, 4) is 0 Å². The molecule has 0 atom stereocenters. The first-order chi connectivity index (χ1) is 9.90. The number of nitrogens with zero attached hydrogens (tertiary/aromatic N) is 6. The maximum atomic E-state index is 11.4. The van der Waals surface area contributed by atoms with E-state index in [1.54, 1.807) is 4.68 Å². The molecule has 0 saturated carbocycles. The van der Waals surface area contributed by atoms with E-state index in [1.165, 1.54) is 6.26 Å². The molecule has 2 aromatic heterocycles. The van der Waals surface area contributed by atoms with Crippen LogP contribution in [0.15, 0.2) is 12.4 Å². The molecule has 0 amide bonds. The van der Waals surface area contributed by atoms with Gasteiger partial charge in [0.15, 0.2) is 9.84 Å². The van der Waals surface area contributed by atoms with Crippen molar-refractivity contribution in [2.24, 2.45) is 7.05 Å². The lowest BCUT2D eigenvalue weighted by Crippen LogP contribution is -2.34. The summed E-state index contributed by atoms with van der Waals surface area (Å²) in [7, 11) is -1.19. The first kappa shape index (κ1) is 14.2. The second kappa shape index (κ2) is 5.23. The molecule has 0 aromatic carbocycles. The second-order valence-corrected chi connectivity index (χ2v) is 7.63. The highest BCUT2D eigenvalue weighted by Crippen LogP contribution is 2.16. The Morgan fingerprint density at radius 3 is 2.76 bits per heavy atom. The zero-order valence-corrected chi connectivity index (χ0v) is 12.9. The Kier molecular flexibility index (Phi) is 3.54. The number of rotatable bonds is 4. The van der Waals surface area contributed by atoms with E-state index < -0.39 is 9.84 Å². The first-order valence-electron chi connectivity index (χ1n) is 6.69. The molecule has 0 fully saturated rings. The quantitative estimate of drug-likeness (QED) is 0.762. The van der Waals surface area contributed by atoms with Crippen molar-refractivity contribution >= 4 is 9.84 Å². The van der Waals surface area contributed by atoms with Crippen molar-refractivity contribution in [3.63, 3.8) is 0 Å². The largest absolute Gasteiger partial charge is 0.312 e. The fourth-order valence-corrected chi connectivity index (χ4v) is 3.24. The Balaban J connectivity index is 1.72. The van der Waals surface area contributed by atoms with Gasteiger partial charge in [0.05, 0.1) is 12.7 Å². The summed E-state index contributed by atoms with van der Waals surface area (Å²) in [6.45, 7) is 3.04. The lowest BCUT2D eigenvalue weighted by Gasteiger charge is -2.27. The van der Waals surface area contributed by atoms with Crippen LogP contribution in [0, 0.1) is 0 Å². The van der Waals surface area contributed by atoms with Gasteiger partial charge in [-0.3, -0.25) is 9.58 Å². The third-order valence-electron chi connectivity index (χ3n) is 3.46. The van der Waals surface area contributed by atoms with Gasteiger partial charge in [-0.05, 0) is 0 Å². The Morgan fingerprint density at radius 1 is 1.29 bits per heavy atom. The Morgan fingerprint density at radius 2 is 2.10 bits per heavy atom. The normalized spacial score (nSPS) is 16.1. The van der Waals surface area contributed by atoms with Gasteiger partial charge in [0, 0.05) is 44.7 Å². The van der Waals surface area contributed by atoms with E-state index >= 15 is 0 Å². The van der Waals surface area contributed by atoms with Crippen LogP contribution in [0.3, 0.4) is 0 Å². The van der Waals surface area contributed by atoms with Gasteiger partial charge >= 0.3 is 0 Å². The number of aromatic nitrogens is 5. The van der Waals surface area contributed by atoms with Gasteiger partial charge in [0.25, 0.3) is 0 Å². The SMILES string of the molecule is Cn1cc(CN2CCn3c(nnc3CS(C)(=O)=O)C2)cn1. The van der Waals surface area contributed by atoms with Gasteiger partial charge in [0.2, 0.25) is 0 Å². The molecule has 2 aromatic rings. The summed E-state index contributed by atoms with van der Waals surface area (Å²) in [6, 6.07) is 0. The monoisotopic (exact) mass is 310 g/mol. The third kappa shape index (κ3) is 3.30. The lowest BCUT2D eigenvalue weighted by molar-refractivity contribution is 0.207. The molecule has 114 valence electrons. The molecule has 9 heteroatoms. The molecule has 3 heterocycles. The minimum atomic E-state index is -3.09. The molecule has 0 bridgehead atoms. The molecule has 0 aliphatic carbocycles. The van der Waals surface area contributed by atoms with Gasteiger partial charge in [-0.2, -0.15) is 5.10 Å². The van der Waals surface area contributed by atoms with Crippen LogP contribution < -0.4 is 0 Å². The van der Waals surface area contributed by atoms with Gasteiger partial charge in [-0.1, -0.05) is 0 Å². The van der Waals surface area contributed by atoms with Crippen molar-refractivity contribution in [2.45, 2.75) is 25.4 Å². The van der Waals surface area contributed by atoms with E-state index in [4.69, 9.17) is 0 Å². The summed E-state index contributed by atoms with van der Waals surface area (Å²) >= 11 is 0. The molecule has 1 aliphatic rings. The molecule has 1 aliphatic heterocycles. The minimum Gasteiger partial charge on any atom is -0.312 e. The van der Waals surface area contributed by atoms with E-state index in [0.717, 1.165) is 24.5 Å². The number of hydrogen-bond donors (Lipinski definition) is 0. The maximum Gasteiger partial charge on any atom is 0.154 e. The van der Waals surface area contributed by atoms with Gasteiger partial charge < -0.3 is 4.57 Å². The zero-order chi connectivity index (χ0) is 15.0. The van der Waals surface area contributed by atoms with E-state index in [-0.39, 0.29) is 5.75 Å². The molecule has 3 rings (SSSR count). The van der Waals surface area contributed by atoms with Crippen molar-refractivity contribution in [3.05, 3.63) is 29.6 Å². The molecule has 0 spiro atoms. The van der Waals surface area contributed by atoms with Crippen LogP contribution >= 0.6 is 0 Å². The van der Waals surface area contributed by atoms with Crippen LogP contribution in [0.25, 0.3) is 0 Å². The highest BCUT2D eigenvalue weighted by molar-refractivity contribution is 7.89. The average Bonchev–Trinajstić information content (AvgIpc) is 2.95. The standard InChI is InChI=1S/C12H18N6O2S/c1-16-6-10(5-13-16)7-17-3-4-18-11(8-17)14-15-12(18)9-21(2,19)20/h5-6H,3-4,7-9H2,1-2H3. The molecule has 0 saturated heterocycles. The number of hydrogen-bond acceptors (Lipinski definition) is 6. The van der Waals surface area contributed by atoms with Gasteiger partial charge in [-0.25, -0.2) is 8.42 Å². The molecular weight excluding hydrogens is 292 g/mol. The predicted molar refractivity (Wildman–Crippen MR) is 75.9 cm³/mol. The summed E-state index contributed by atoms with van der Waals surface area (Å²) in [6.07, 6.45) is 5.06. The molecular formula is C12H18N6O2S. The molecule has 0 radical (unpaired) electrons. The predicted octanol–water partition coefficient (Wildman–Crippen LogP) is -0.428. The van der Waals surface area contributed by atoms with Gasteiger partial charge in [-0.15, -0.1) is 10.2 Å². The van der Waals surface area contributed by atoms with Gasteiger partial charge in [0.1, 0.15) is 17.4 Å². The molecule has 8 nitrogen and oxygen atoms in total. The second-order valence-electron chi connectivity index (χ2n) is 5.49.